The van der Waals surface area contributed by atoms with Gasteiger partial charge >= 0.3 is 0 Å². The lowest BCUT2D eigenvalue weighted by atomic mass is 9.93. The Kier molecular flexibility index (Phi) is 6.00. The third kappa shape index (κ3) is 5.01. The first-order valence-electron chi connectivity index (χ1n) is 8.91. The van der Waals surface area contributed by atoms with Gasteiger partial charge in [0.15, 0.2) is 0 Å². The number of piperazine rings is 1. The smallest absolute Gasteiger partial charge is 0.222 e. The van der Waals surface area contributed by atoms with Crippen LogP contribution in [0, 0.1) is 5.92 Å². The van der Waals surface area contributed by atoms with Gasteiger partial charge in [0.25, 0.3) is 0 Å². The lowest BCUT2D eigenvalue weighted by Crippen LogP contribution is -2.48. The fraction of sp³-hybridized carbons (Fsp3) is 0.667. The van der Waals surface area contributed by atoms with E-state index in [4.69, 9.17) is 0 Å². The van der Waals surface area contributed by atoms with Crippen molar-refractivity contribution in [1.29, 1.82) is 0 Å². The highest BCUT2D eigenvalue weighted by Crippen LogP contribution is 2.19. The molecule has 1 aromatic heterocycles. The first kappa shape index (κ1) is 16.4. The Morgan fingerprint density at radius 1 is 1.13 bits per heavy atom. The minimum absolute atomic E-state index is 0.354. The molecule has 1 aromatic rings. The minimum Gasteiger partial charge on any atom is -0.340 e. The Balaban J connectivity index is 1.37. The summed E-state index contributed by atoms with van der Waals surface area (Å²) in [5.41, 5.74) is 1.30. The van der Waals surface area contributed by atoms with Crippen LogP contribution in [0.2, 0.25) is 0 Å². The highest BCUT2D eigenvalue weighted by molar-refractivity contribution is 5.76. The van der Waals surface area contributed by atoms with Crippen molar-refractivity contribution in [2.75, 3.05) is 39.3 Å². The zero-order valence-electron chi connectivity index (χ0n) is 13.9. The SMILES string of the molecule is O=C(CCC1CCNCC1)N1CCN(Cc2ccncc2)CC1. The van der Waals surface area contributed by atoms with Crippen LogP contribution < -0.4 is 5.32 Å². The van der Waals surface area contributed by atoms with Crippen LogP contribution in [0.15, 0.2) is 24.5 Å². The second kappa shape index (κ2) is 8.41. The third-order valence-corrected chi connectivity index (χ3v) is 5.11. The molecule has 0 spiro atoms. The van der Waals surface area contributed by atoms with E-state index in [0.717, 1.165) is 64.6 Å². The molecule has 126 valence electrons. The van der Waals surface area contributed by atoms with E-state index in [1.54, 1.807) is 0 Å². The Hall–Kier alpha value is -1.46. The van der Waals surface area contributed by atoms with Crippen LogP contribution >= 0.6 is 0 Å². The maximum Gasteiger partial charge on any atom is 0.222 e. The summed E-state index contributed by atoms with van der Waals surface area (Å²) in [4.78, 5) is 20.9. The van der Waals surface area contributed by atoms with Crippen molar-refractivity contribution in [2.24, 2.45) is 5.92 Å². The molecule has 1 N–H and O–H groups in total. The zero-order valence-corrected chi connectivity index (χ0v) is 13.9. The molecule has 3 heterocycles. The van der Waals surface area contributed by atoms with Crippen molar-refractivity contribution in [2.45, 2.75) is 32.2 Å². The number of pyridine rings is 1. The summed E-state index contributed by atoms with van der Waals surface area (Å²) in [6.45, 7) is 6.88. The molecule has 0 aromatic carbocycles. The molecule has 2 aliphatic heterocycles. The van der Waals surface area contributed by atoms with E-state index in [1.807, 2.05) is 12.4 Å². The highest BCUT2D eigenvalue weighted by Gasteiger charge is 2.22. The number of hydrogen-bond acceptors (Lipinski definition) is 4. The molecule has 2 fully saturated rings. The van der Waals surface area contributed by atoms with Crippen molar-refractivity contribution in [3.8, 4) is 0 Å². The molecule has 2 saturated heterocycles. The molecule has 5 nitrogen and oxygen atoms in total. The molecule has 3 rings (SSSR count). The molecule has 0 radical (unpaired) electrons. The lowest BCUT2D eigenvalue weighted by molar-refractivity contribution is -0.133. The Morgan fingerprint density at radius 3 is 2.52 bits per heavy atom. The number of hydrogen-bond donors (Lipinski definition) is 1. The zero-order chi connectivity index (χ0) is 15.9. The minimum atomic E-state index is 0.354. The van der Waals surface area contributed by atoms with E-state index >= 15 is 0 Å². The number of amides is 1. The van der Waals surface area contributed by atoms with Crippen LogP contribution in [-0.4, -0.2) is 60.0 Å². The summed E-state index contributed by atoms with van der Waals surface area (Å²) in [5.74, 6) is 1.10. The lowest BCUT2D eigenvalue weighted by Gasteiger charge is -2.35. The number of nitrogens with zero attached hydrogens (tertiary/aromatic N) is 3. The van der Waals surface area contributed by atoms with Crippen LogP contribution in [0.5, 0.6) is 0 Å². The molecule has 1 amide bonds. The molecule has 0 saturated carbocycles. The number of carbonyl (C=O) groups is 1. The van der Waals surface area contributed by atoms with Crippen molar-refractivity contribution < 1.29 is 4.79 Å². The van der Waals surface area contributed by atoms with E-state index in [1.165, 1.54) is 18.4 Å². The monoisotopic (exact) mass is 316 g/mol. The first-order valence-corrected chi connectivity index (χ1v) is 8.91. The van der Waals surface area contributed by atoms with Crippen LogP contribution in [0.25, 0.3) is 0 Å². The molecule has 23 heavy (non-hydrogen) atoms. The van der Waals surface area contributed by atoms with Crippen molar-refractivity contribution in [3.05, 3.63) is 30.1 Å². The fourth-order valence-electron chi connectivity index (χ4n) is 3.56. The quantitative estimate of drug-likeness (QED) is 0.894. The van der Waals surface area contributed by atoms with E-state index in [-0.39, 0.29) is 0 Å². The standard InChI is InChI=1S/C18H28N4O/c23-18(2-1-16-3-7-19-8-4-16)22-13-11-21(12-14-22)15-17-5-9-20-10-6-17/h5-6,9-10,16,19H,1-4,7-8,11-15H2. The Bertz CT molecular complexity index is 479. The number of rotatable bonds is 5. The van der Waals surface area contributed by atoms with Gasteiger partial charge in [0.2, 0.25) is 5.91 Å². The Labute approximate surface area is 139 Å². The maximum absolute atomic E-state index is 12.4. The fourth-order valence-corrected chi connectivity index (χ4v) is 3.56. The normalized spacial score (nSPS) is 20.6. The summed E-state index contributed by atoms with van der Waals surface area (Å²) in [7, 11) is 0. The molecule has 0 bridgehead atoms. The summed E-state index contributed by atoms with van der Waals surface area (Å²) in [5, 5.41) is 3.39. The van der Waals surface area contributed by atoms with E-state index in [0.29, 0.717) is 5.91 Å². The predicted molar refractivity (Wildman–Crippen MR) is 90.9 cm³/mol. The van der Waals surface area contributed by atoms with Crippen molar-refractivity contribution >= 4 is 5.91 Å². The van der Waals surface area contributed by atoms with Crippen LogP contribution in [0.4, 0.5) is 0 Å². The van der Waals surface area contributed by atoms with E-state index < -0.39 is 0 Å². The van der Waals surface area contributed by atoms with Gasteiger partial charge in [-0.15, -0.1) is 0 Å². The molecular formula is C18H28N4O. The second-order valence-electron chi connectivity index (χ2n) is 6.74. The van der Waals surface area contributed by atoms with Crippen LogP contribution in [-0.2, 0) is 11.3 Å². The van der Waals surface area contributed by atoms with E-state index in [9.17, 15) is 4.79 Å². The topological polar surface area (TPSA) is 48.5 Å². The number of piperidine rings is 1. The summed E-state index contributed by atoms with van der Waals surface area (Å²) in [6, 6.07) is 4.13. The van der Waals surface area contributed by atoms with Crippen LogP contribution in [0.1, 0.15) is 31.2 Å². The predicted octanol–water partition coefficient (Wildman–Crippen LogP) is 1.51. The third-order valence-electron chi connectivity index (χ3n) is 5.11. The summed E-state index contributed by atoms with van der Waals surface area (Å²) < 4.78 is 0. The van der Waals surface area contributed by atoms with Gasteiger partial charge in [-0.25, -0.2) is 0 Å². The molecular weight excluding hydrogens is 288 g/mol. The van der Waals surface area contributed by atoms with Gasteiger partial charge in [-0.2, -0.15) is 0 Å². The maximum atomic E-state index is 12.4. The van der Waals surface area contributed by atoms with Gasteiger partial charge in [0, 0.05) is 51.5 Å². The molecule has 0 atom stereocenters. The van der Waals surface area contributed by atoms with Crippen molar-refractivity contribution in [1.82, 2.24) is 20.1 Å². The molecule has 0 unspecified atom stereocenters. The van der Waals surface area contributed by atoms with Crippen molar-refractivity contribution in [3.63, 3.8) is 0 Å². The highest BCUT2D eigenvalue weighted by atomic mass is 16.2. The summed E-state index contributed by atoms with van der Waals surface area (Å²) in [6.07, 6.45) is 7.94. The summed E-state index contributed by atoms with van der Waals surface area (Å²) >= 11 is 0. The van der Waals surface area contributed by atoms with Gasteiger partial charge in [-0.05, 0) is 56.0 Å². The van der Waals surface area contributed by atoms with Gasteiger partial charge < -0.3 is 10.2 Å². The number of nitrogens with one attached hydrogen (secondary N) is 1. The molecule has 0 aliphatic carbocycles. The number of aromatic nitrogens is 1. The average Bonchev–Trinajstić information content (AvgIpc) is 2.62. The second-order valence-corrected chi connectivity index (χ2v) is 6.74. The average molecular weight is 316 g/mol. The first-order chi connectivity index (χ1) is 11.3. The molecule has 5 heteroatoms. The van der Waals surface area contributed by atoms with Gasteiger partial charge in [0.1, 0.15) is 0 Å². The largest absolute Gasteiger partial charge is 0.340 e. The van der Waals surface area contributed by atoms with Gasteiger partial charge in [-0.3, -0.25) is 14.7 Å². The Morgan fingerprint density at radius 2 is 1.83 bits per heavy atom. The van der Waals surface area contributed by atoms with Gasteiger partial charge in [0.05, 0.1) is 0 Å². The van der Waals surface area contributed by atoms with E-state index in [2.05, 4.69) is 32.2 Å². The van der Waals surface area contributed by atoms with Gasteiger partial charge in [-0.1, -0.05) is 0 Å². The number of carbonyl (C=O) groups excluding carboxylic acids is 1. The molecule has 2 aliphatic rings. The van der Waals surface area contributed by atoms with Crippen LogP contribution in [0.3, 0.4) is 0 Å².